The molecule has 2 N–H and O–H groups in total. The predicted octanol–water partition coefficient (Wildman–Crippen LogP) is 3.25. The van der Waals surface area contributed by atoms with Crippen LogP contribution < -0.4 is 5.32 Å². The molecule has 2 fully saturated rings. The van der Waals surface area contributed by atoms with Gasteiger partial charge in [0, 0.05) is 19.0 Å². The van der Waals surface area contributed by atoms with E-state index in [1.165, 1.54) is 0 Å². The van der Waals surface area contributed by atoms with Crippen LogP contribution in [0.25, 0.3) is 11.1 Å². The van der Waals surface area contributed by atoms with Gasteiger partial charge < -0.3 is 24.8 Å². The van der Waals surface area contributed by atoms with Crippen LogP contribution in [-0.4, -0.2) is 66.9 Å². The fourth-order valence-corrected chi connectivity index (χ4v) is 5.59. The second-order valence-electron chi connectivity index (χ2n) is 9.88. The van der Waals surface area contributed by atoms with Crippen LogP contribution in [-0.2, 0) is 19.1 Å². The lowest BCUT2D eigenvalue weighted by Gasteiger charge is -2.38. The molecule has 5 rings (SSSR count). The van der Waals surface area contributed by atoms with Crippen LogP contribution in [0, 0.1) is 11.3 Å². The van der Waals surface area contributed by atoms with Gasteiger partial charge in [0.15, 0.2) is 0 Å². The van der Waals surface area contributed by atoms with Crippen molar-refractivity contribution in [2.75, 3.05) is 32.9 Å². The Morgan fingerprint density at radius 1 is 1.11 bits per heavy atom. The molecule has 2 heterocycles. The first kappa shape index (κ1) is 23.4. The summed E-state index contributed by atoms with van der Waals surface area (Å²) in [6, 6.07) is 15.7. The standard InChI is InChI=1S/C27H30N2O6/c1-27(25(32)29-12-6-7-17(13-29)24(30)31)16-34-15-23(27)28-26(33)35-14-22-20-10-4-2-8-18(20)19-9-3-5-11-21(19)22/h2-5,8-11,17,22-23H,6-7,12-16H2,1H3,(H,28,33)(H,30,31). The number of aliphatic carboxylic acids is 1. The number of carbonyl (C=O) groups excluding carboxylic acids is 2. The molecule has 2 saturated heterocycles. The number of hydrogen-bond acceptors (Lipinski definition) is 5. The highest BCUT2D eigenvalue weighted by molar-refractivity contribution is 5.85. The van der Waals surface area contributed by atoms with Crippen molar-refractivity contribution in [1.82, 2.24) is 10.2 Å². The zero-order valence-corrected chi connectivity index (χ0v) is 19.7. The molecule has 0 aromatic heterocycles. The normalized spacial score (nSPS) is 25.6. The molecule has 0 bridgehead atoms. The number of nitrogens with zero attached hydrogens (tertiary/aromatic N) is 1. The van der Waals surface area contributed by atoms with Crippen LogP contribution in [0.3, 0.4) is 0 Å². The van der Waals surface area contributed by atoms with Crippen LogP contribution >= 0.6 is 0 Å². The number of benzene rings is 2. The van der Waals surface area contributed by atoms with Gasteiger partial charge in [-0.25, -0.2) is 4.79 Å². The Hall–Kier alpha value is -3.39. The van der Waals surface area contributed by atoms with Crippen LogP contribution in [0.15, 0.2) is 48.5 Å². The summed E-state index contributed by atoms with van der Waals surface area (Å²) in [5.74, 6) is -1.69. The summed E-state index contributed by atoms with van der Waals surface area (Å²) in [5.41, 5.74) is 3.58. The smallest absolute Gasteiger partial charge is 0.407 e. The number of likely N-dealkylation sites (tertiary alicyclic amines) is 1. The molecule has 0 radical (unpaired) electrons. The zero-order chi connectivity index (χ0) is 24.6. The molecule has 8 heteroatoms. The quantitative estimate of drug-likeness (QED) is 0.684. The van der Waals surface area contributed by atoms with Crippen LogP contribution in [0.5, 0.6) is 0 Å². The minimum atomic E-state index is -0.980. The maximum atomic E-state index is 13.4. The molecule has 2 aromatic rings. The second kappa shape index (κ2) is 9.34. The van der Waals surface area contributed by atoms with Crippen molar-refractivity contribution >= 4 is 18.0 Å². The molecule has 3 atom stereocenters. The number of carbonyl (C=O) groups is 3. The Balaban J connectivity index is 1.24. The number of carboxylic acids is 1. The minimum Gasteiger partial charge on any atom is -0.481 e. The first-order valence-corrected chi connectivity index (χ1v) is 12.1. The van der Waals surface area contributed by atoms with E-state index in [0.29, 0.717) is 19.4 Å². The fourth-order valence-electron chi connectivity index (χ4n) is 5.59. The van der Waals surface area contributed by atoms with E-state index in [1.54, 1.807) is 11.8 Å². The largest absolute Gasteiger partial charge is 0.481 e. The van der Waals surface area contributed by atoms with Gasteiger partial charge >= 0.3 is 12.1 Å². The van der Waals surface area contributed by atoms with Crippen molar-refractivity contribution < 1.29 is 29.0 Å². The van der Waals surface area contributed by atoms with Gasteiger partial charge in [0.25, 0.3) is 0 Å². The van der Waals surface area contributed by atoms with Gasteiger partial charge in [0.05, 0.1) is 30.6 Å². The number of fused-ring (bicyclic) bond motifs is 3. The number of alkyl carbamates (subject to hydrolysis) is 1. The van der Waals surface area contributed by atoms with E-state index in [1.807, 2.05) is 24.3 Å². The molecule has 0 spiro atoms. The van der Waals surface area contributed by atoms with Crippen molar-refractivity contribution in [3.8, 4) is 11.1 Å². The lowest BCUT2D eigenvalue weighted by Crippen LogP contribution is -2.56. The summed E-state index contributed by atoms with van der Waals surface area (Å²) in [5, 5.41) is 12.2. The van der Waals surface area contributed by atoms with Gasteiger partial charge in [-0.2, -0.15) is 0 Å². The van der Waals surface area contributed by atoms with Gasteiger partial charge in [-0.3, -0.25) is 9.59 Å². The number of rotatable bonds is 5. The maximum Gasteiger partial charge on any atom is 0.407 e. The molecule has 3 aliphatic rings. The van der Waals surface area contributed by atoms with Crippen LogP contribution in [0.4, 0.5) is 4.79 Å². The third-order valence-corrected chi connectivity index (χ3v) is 7.64. The number of nitrogens with one attached hydrogen (secondary N) is 1. The Labute approximate surface area is 204 Å². The number of carboxylic acid groups (broad SMARTS) is 1. The van der Waals surface area contributed by atoms with E-state index in [-0.39, 0.29) is 38.2 Å². The highest BCUT2D eigenvalue weighted by Crippen LogP contribution is 2.44. The van der Waals surface area contributed by atoms with Crippen LogP contribution in [0.1, 0.15) is 36.8 Å². The lowest BCUT2D eigenvalue weighted by atomic mass is 9.82. The molecule has 2 aliphatic heterocycles. The van der Waals surface area contributed by atoms with Gasteiger partial charge in [-0.15, -0.1) is 0 Å². The van der Waals surface area contributed by atoms with Gasteiger partial charge in [0.1, 0.15) is 6.61 Å². The average molecular weight is 479 g/mol. The second-order valence-corrected chi connectivity index (χ2v) is 9.88. The van der Waals surface area contributed by atoms with E-state index in [0.717, 1.165) is 22.3 Å². The molecule has 2 aromatic carbocycles. The molecule has 0 saturated carbocycles. The monoisotopic (exact) mass is 478 g/mol. The van der Waals surface area contributed by atoms with Gasteiger partial charge in [-0.05, 0) is 42.0 Å². The summed E-state index contributed by atoms with van der Waals surface area (Å²) in [4.78, 5) is 39.2. The molecule has 1 aliphatic carbocycles. The highest BCUT2D eigenvalue weighted by Gasteiger charge is 2.50. The molecule has 35 heavy (non-hydrogen) atoms. The number of piperidine rings is 1. The van der Waals surface area contributed by atoms with E-state index >= 15 is 0 Å². The van der Waals surface area contributed by atoms with Crippen LogP contribution in [0.2, 0.25) is 0 Å². The Morgan fingerprint density at radius 2 is 1.77 bits per heavy atom. The highest BCUT2D eigenvalue weighted by atomic mass is 16.5. The maximum absolute atomic E-state index is 13.4. The van der Waals surface area contributed by atoms with Gasteiger partial charge in [0.2, 0.25) is 5.91 Å². The molecule has 3 unspecified atom stereocenters. The van der Waals surface area contributed by atoms with E-state index < -0.39 is 29.4 Å². The summed E-state index contributed by atoms with van der Waals surface area (Å²) < 4.78 is 11.3. The van der Waals surface area contributed by atoms with E-state index in [4.69, 9.17) is 9.47 Å². The third kappa shape index (κ3) is 4.27. The predicted molar refractivity (Wildman–Crippen MR) is 128 cm³/mol. The summed E-state index contributed by atoms with van der Waals surface area (Å²) in [6.45, 7) is 3.00. The Morgan fingerprint density at radius 3 is 2.43 bits per heavy atom. The molecule has 184 valence electrons. The SMILES string of the molecule is CC1(C(=O)N2CCCC(C(=O)O)C2)COCC1NC(=O)OCC1c2ccccc2-c2ccccc21. The molecular weight excluding hydrogens is 448 g/mol. The molecule has 8 nitrogen and oxygen atoms in total. The average Bonchev–Trinajstić information content (AvgIpc) is 3.40. The lowest BCUT2D eigenvalue weighted by molar-refractivity contribution is -0.149. The Bertz CT molecular complexity index is 1100. The number of hydrogen-bond donors (Lipinski definition) is 2. The number of amides is 2. The zero-order valence-electron chi connectivity index (χ0n) is 19.7. The summed E-state index contributed by atoms with van der Waals surface area (Å²) in [6.07, 6.45) is 0.612. The van der Waals surface area contributed by atoms with E-state index in [9.17, 15) is 19.5 Å². The van der Waals surface area contributed by atoms with Crippen molar-refractivity contribution in [3.05, 3.63) is 59.7 Å². The Kier molecular flexibility index (Phi) is 6.23. The van der Waals surface area contributed by atoms with Crippen molar-refractivity contribution in [2.24, 2.45) is 11.3 Å². The first-order chi connectivity index (χ1) is 16.9. The first-order valence-electron chi connectivity index (χ1n) is 12.1. The van der Waals surface area contributed by atoms with Gasteiger partial charge in [-0.1, -0.05) is 48.5 Å². The molecule has 2 amide bonds. The third-order valence-electron chi connectivity index (χ3n) is 7.64. The number of ether oxygens (including phenoxy) is 2. The summed E-state index contributed by atoms with van der Waals surface area (Å²) >= 11 is 0. The van der Waals surface area contributed by atoms with E-state index in [2.05, 4.69) is 29.6 Å². The molecular formula is C27H30N2O6. The van der Waals surface area contributed by atoms with Crippen molar-refractivity contribution in [2.45, 2.75) is 31.7 Å². The summed E-state index contributed by atoms with van der Waals surface area (Å²) in [7, 11) is 0. The van der Waals surface area contributed by atoms with Crippen molar-refractivity contribution in [3.63, 3.8) is 0 Å². The topological polar surface area (TPSA) is 105 Å². The minimum absolute atomic E-state index is 0.0534. The van der Waals surface area contributed by atoms with Crippen molar-refractivity contribution in [1.29, 1.82) is 0 Å². The fraction of sp³-hybridized carbons (Fsp3) is 0.444.